The summed E-state index contributed by atoms with van der Waals surface area (Å²) in [5, 5.41) is 2.79. The Morgan fingerprint density at radius 2 is 1.68 bits per heavy atom. The number of amides is 1. The number of hydrazine groups is 1. The van der Waals surface area contributed by atoms with Gasteiger partial charge in [0.05, 0.1) is 12.1 Å². The number of rotatable bonds is 3. The Morgan fingerprint density at radius 3 is 2.36 bits per heavy atom. The summed E-state index contributed by atoms with van der Waals surface area (Å²) in [6.45, 7) is 2.06. The normalized spacial score (nSPS) is 26.6. The zero-order valence-electron chi connectivity index (χ0n) is 15.3. The molecule has 3 heterocycles. The predicted octanol–water partition coefficient (Wildman–Crippen LogP) is 4.63. The molecule has 2 aliphatic heterocycles. The maximum atomic E-state index is 13.4. The van der Waals surface area contributed by atoms with E-state index in [1.807, 2.05) is 41.3 Å². The lowest BCUT2D eigenvalue weighted by Crippen LogP contribution is -2.41. The van der Waals surface area contributed by atoms with Crippen LogP contribution in [0.1, 0.15) is 28.1 Å². The molecular weight excluding hydrogens is 390 g/mol. The van der Waals surface area contributed by atoms with Crippen LogP contribution >= 0.6 is 22.9 Å². The highest BCUT2D eigenvalue weighted by Gasteiger charge is 2.56. The molecule has 0 radical (unpaired) electrons. The van der Waals surface area contributed by atoms with Crippen molar-refractivity contribution in [3.05, 3.63) is 87.1 Å². The van der Waals surface area contributed by atoms with Crippen molar-refractivity contribution in [1.29, 1.82) is 0 Å². The minimum absolute atomic E-state index is 0.0220. The van der Waals surface area contributed by atoms with Crippen LogP contribution in [-0.4, -0.2) is 11.9 Å². The van der Waals surface area contributed by atoms with Gasteiger partial charge in [-0.05, 0) is 48.2 Å². The monoisotopic (exact) mass is 409 g/mol. The van der Waals surface area contributed by atoms with Gasteiger partial charge in [-0.1, -0.05) is 47.5 Å². The second-order valence-electron chi connectivity index (χ2n) is 7.38. The molecule has 0 bridgehead atoms. The van der Waals surface area contributed by atoms with E-state index in [1.54, 1.807) is 11.3 Å². The van der Waals surface area contributed by atoms with E-state index < -0.39 is 0 Å². The highest BCUT2D eigenvalue weighted by atomic mass is 35.5. The lowest BCUT2D eigenvalue weighted by molar-refractivity contribution is -0.119. The van der Waals surface area contributed by atoms with Crippen molar-refractivity contribution in [3.8, 4) is 0 Å². The fourth-order valence-electron chi connectivity index (χ4n) is 4.36. The molecular formula is C22H20ClN3OS. The Kier molecular flexibility index (Phi) is 4.48. The van der Waals surface area contributed by atoms with Gasteiger partial charge in [0.25, 0.3) is 0 Å². The third kappa shape index (κ3) is 2.86. The second kappa shape index (κ2) is 7.01. The molecule has 0 spiro atoms. The molecule has 2 fully saturated rings. The van der Waals surface area contributed by atoms with Gasteiger partial charge < -0.3 is 4.90 Å². The number of nitrogens with zero attached hydrogens (tertiary/aromatic N) is 1. The standard InChI is InChI=1S/C22H20ClN3OS/c1-13-4-10-16(11-5-13)26-21(17-3-2-12-28-17)18-19(24-25-20(18)22(26)27)14-6-8-15(23)9-7-14/h2-12,18-21,24-25H,1H3. The third-order valence-electron chi connectivity index (χ3n) is 5.69. The molecule has 1 aromatic heterocycles. The van der Waals surface area contributed by atoms with Gasteiger partial charge in [-0.2, -0.15) is 0 Å². The number of halogens is 1. The highest BCUT2D eigenvalue weighted by molar-refractivity contribution is 7.10. The van der Waals surface area contributed by atoms with Crippen molar-refractivity contribution in [2.45, 2.75) is 25.0 Å². The van der Waals surface area contributed by atoms with Gasteiger partial charge in [0.15, 0.2) is 0 Å². The quantitative estimate of drug-likeness (QED) is 0.662. The van der Waals surface area contributed by atoms with E-state index in [9.17, 15) is 4.79 Å². The van der Waals surface area contributed by atoms with Crippen LogP contribution in [0.5, 0.6) is 0 Å². The summed E-state index contributed by atoms with van der Waals surface area (Å²) in [7, 11) is 0. The maximum absolute atomic E-state index is 13.4. The lowest BCUT2D eigenvalue weighted by Gasteiger charge is -2.30. The molecule has 0 aliphatic carbocycles. The zero-order valence-corrected chi connectivity index (χ0v) is 16.9. The molecule has 142 valence electrons. The van der Waals surface area contributed by atoms with Gasteiger partial charge in [0.1, 0.15) is 6.04 Å². The minimum atomic E-state index is -0.269. The highest BCUT2D eigenvalue weighted by Crippen LogP contribution is 2.49. The first-order chi connectivity index (χ1) is 13.6. The van der Waals surface area contributed by atoms with Crippen LogP contribution in [0.25, 0.3) is 0 Å². The van der Waals surface area contributed by atoms with Crippen molar-refractivity contribution in [3.63, 3.8) is 0 Å². The number of thiophene rings is 1. The van der Waals surface area contributed by atoms with Crippen LogP contribution in [0.15, 0.2) is 66.0 Å². The number of fused-ring (bicyclic) bond motifs is 1. The Morgan fingerprint density at radius 1 is 0.964 bits per heavy atom. The molecule has 3 aromatic rings. The van der Waals surface area contributed by atoms with Crippen LogP contribution in [0, 0.1) is 12.8 Å². The summed E-state index contributed by atoms with van der Waals surface area (Å²) in [6.07, 6.45) is 0. The third-order valence-corrected chi connectivity index (χ3v) is 6.88. The Bertz CT molecular complexity index is 988. The summed E-state index contributed by atoms with van der Waals surface area (Å²) in [5.74, 6) is 0.185. The van der Waals surface area contributed by atoms with Crippen LogP contribution in [0.2, 0.25) is 5.02 Å². The SMILES string of the molecule is Cc1ccc(N2C(=O)C3NNC(c4ccc(Cl)cc4)C3C2c2cccs2)cc1. The minimum Gasteiger partial charge on any atom is -0.302 e. The largest absolute Gasteiger partial charge is 0.302 e. The van der Waals surface area contributed by atoms with E-state index in [0.717, 1.165) is 11.3 Å². The van der Waals surface area contributed by atoms with Crippen molar-refractivity contribution in [2.24, 2.45) is 5.92 Å². The van der Waals surface area contributed by atoms with Gasteiger partial charge in [-0.25, -0.2) is 10.9 Å². The Balaban J connectivity index is 1.60. The molecule has 2 aliphatic rings. The summed E-state index contributed by atoms with van der Waals surface area (Å²) >= 11 is 7.78. The van der Waals surface area contributed by atoms with Crippen LogP contribution in [0.4, 0.5) is 5.69 Å². The molecule has 5 rings (SSSR count). The summed E-state index contributed by atoms with van der Waals surface area (Å²) in [6, 6.07) is 20.0. The van der Waals surface area contributed by atoms with Gasteiger partial charge in [-0.15, -0.1) is 11.3 Å². The van der Waals surface area contributed by atoms with Crippen molar-refractivity contribution in [1.82, 2.24) is 10.9 Å². The Labute approximate surface area is 173 Å². The fourth-order valence-corrected chi connectivity index (χ4v) is 5.36. The fraction of sp³-hybridized carbons (Fsp3) is 0.227. The van der Waals surface area contributed by atoms with E-state index in [1.165, 1.54) is 10.4 Å². The van der Waals surface area contributed by atoms with Crippen molar-refractivity contribution in [2.75, 3.05) is 4.90 Å². The molecule has 6 heteroatoms. The first-order valence-corrected chi connectivity index (χ1v) is 10.6. The first kappa shape index (κ1) is 17.9. The number of anilines is 1. The van der Waals surface area contributed by atoms with Crippen LogP contribution < -0.4 is 15.8 Å². The molecule has 2 saturated heterocycles. The number of hydrogen-bond acceptors (Lipinski definition) is 4. The van der Waals surface area contributed by atoms with Crippen molar-refractivity contribution >= 4 is 34.5 Å². The predicted molar refractivity (Wildman–Crippen MR) is 113 cm³/mol. The number of aryl methyl sites for hydroxylation is 1. The number of nitrogens with one attached hydrogen (secondary N) is 2. The molecule has 4 nitrogen and oxygen atoms in total. The molecule has 2 aromatic carbocycles. The topological polar surface area (TPSA) is 44.4 Å². The van der Waals surface area contributed by atoms with E-state index >= 15 is 0 Å². The zero-order chi connectivity index (χ0) is 19.3. The average Bonchev–Trinajstić information content (AvgIpc) is 3.42. The first-order valence-electron chi connectivity index (χ1n) is 9.33. The van der Waals surface area contributed by atoms with E-state index in [0.29, 0.717) is 5.02 Å². The van der Waals surface area contributed by atoms with Gasteiger partial charge in [0, 0.05) is 21.5 Å². The number of carbonyl (C=O) groups is 1. The lowest BCUT2D eigenvalue weighted by atomic mass is 9.86. The van der Waals surface area contributed by atoms with Crippen molar-refractivity contribution < 1.29 is 4.79 Å². The summed E-state index contributed by atoms with van der Waals surface area (Å²) < 4.78 is 0. The molecule has 4 unspecified atom stereocenters. The van der Waals surface area contributed by atoms with E-state index in [-0.39, 0.29) is 30.0 Å². The smallest absolute Gasteiger partial charge is 0.246 e. The number of benzene rings is 2. The molecule has 2 N–H and O–H groups in total. The van der Waals surface area contributed by atoms with Gasteiger partial charge in [-0.3, -0.25) is 4.79 Å². The van der Waals surface area contributed by atoms with Gasteiger partial charge >= 0.3 is 0 Å². The number of carbonyl (C=O) groups excluding carboxylic acids is 1. The molecule has 28 heavy (non-hydrogen) atoms. The average molecular weight is 410 g/mol. The Hall–Kier alpha value is -2.18. The second-order valence-corrected chi connectivity index (χ2v) is 8.79. The maximum Gasteiger partial charge on any atom is 0.246 e. The van der Waals surface area contributed by atoms with E-state index in [2.05, 4.69) is 47.4 Å². The molecule has 1 amide bonds. The van der Waals surface area contributed by atoms with Crippen LogP contribution in [-0.2, 0) is 4.79 Å². The molecule has 4 atom stereocenters. The van der Waals surface area contributed by atoms with E-state index in [4.69, 9.17) is 11.6 Å². The number of hydrogen-bond donors (Lipinski definition) is 2. The summed E-state index contributed by atoms with van der Waals surface area (Å²) in [5.41, 5.74) is 9.88. The summed E-state index contributed by atoms with van der Waals surface area (Å²) in [4.78, 5) is 16.6. The van der Waals surface area contributed by atoms with Gasteiger partial charge in [0.2, 0.25) is 5.91 Å². The van der Waals surface area contributed by atoms with Crippen LogP contribution in [0.3, 0.4) is 0 Å². The molecule has 0 saturated carbocycles.